The Morgan fingerprint density at radius 1 is 1.10 bits per heavy atom. The van der Waals surface area contributed by atoms with E-state index in [-0.39, 0.29) is 50.6 Å². The second kappa shape index (κ2) is 10.3. The Morgan fingerprint density at radius 3 is 2.36 bits per heavy atom. The lowest BCUT2D eigenvalue weighted by molar-refractivity contribution is -0.251. The maximum atomic E-state index is 13.3. The maximum absolute atomic E-state index is 13.3. The van der Waals surface area contributed by atoms with E-state index in [0.717, 1.165) is 45.3 Å². The normalized spacial score (nSPS) is 48.4. The van der Waals surface area contributed by atoms with Gasteiger partial charge in [0.1, 0.15) is 0 Å². The Bertz CT molecular complexity index is 1090. The van der Waals surface area contributed by atoms with E-state index in [4.69, 9.17) is 15.2 Å². The first-order valence-corrected chi connectivity index (χ1v) is 17.2. The number of carboxylic acid groups (broad SMARTS) is 1. The summed E-state index contributed by atoms with van der Waals surface area (Å²) in [5.74, 6) is 1.23. The van der Waals surface area contributed by atoms with Crippen molar-refractivity contribution < 1.29 is 19.4 Å². The fraction of sp³-hybridized carbons (Fsp3) is 0.919. The highest BCUT2D eigenvalue weighted by Crippen LogP contribution is 2.75. The van der Waals surface area contributed by atoms with Crippen LogP contribution in [0.15, 0.2) is 11.6 Å². The number of allylic oxidation sites excluding steroid dienone is 1. The van der Waals surface area contributed by atoms with Crippen molar-refractivity contribution in [3.63, 3.8) is 0 Å². The predicted molar refractivity (Wildman–Crippen MR) is 170 cm³/mol. The van der Waals surface area contributed by atoms with Crippen LogP contribution in [-0.4, -0.2) is 43.0 Å². The molecule has 0 aromatic carbocycles. The summed E-state index contributed by atoms with van der Waals surface area (Å²) in [7, 11) is 0. The molecule has 3 N–H and O–H groups in total. The first-order valence-electron chi connectivity index (χ1n) is 17.2. The van der Waals surface area contributed by atoms with Crippen molar-refractivity contribution in [1.29, 1.82) is 0 Å². The molecule has 0 spiro atoms. The Hall–Kier alpha value is -0.910. The molecule has 4 aliphatic carbocycles. The van der Waals surface area contributed by atoms with E-state index in [9.17, 15) is 9.90 Å². The topological polar surface area (TPSA) is 81.8 Å². The fourth-order valence-corrected chi connectivity index (χ4v) is 11.8. The number of ether oxygens (including phenoxy) is 2. The van der Waals surface area contributed by atoms with Gasteiger partial charge >= 0.3 is 5.97 Å². The average molecular weight is 586 g/mol. The lowest BCUT2D eigenvalue weighted by Crippen LogP contribution is -2.69. The summed E-state index contributed by atoms with van der Waals surface area (Å²) in [6.07, 6.45) is 9.04. The molecule has 0 aromatic heterocycles. The van der Waals surface area contributed by atoms with E-state index >= 15 is 0 Å². The molecule has 240 valence electrons. The maximum Gasteiger partial charge on any atom is 0.307 e. The average Bonchev–Trinajstić information content (AvgIpc) is 2.87. The molecule has 0 unspecified atom stereocenters. The van der Waals surface area contributed by atoms with Crippen molar-refractivity contribution in [3.8, 4) is 0 Å². The van der Waals surface area contributed by atoms with Crippen LogP contribution in [0.2, 0.25) is 0 Å². The van der Waals surface area contributed by atoms with E-state index in [1.54, 1.807) is 5.57 Å². The van der Waals surface area contributed by atoms with Gasteiger partial charge in [-0.2, -0.15) is 0 Å². The summed E-state index contributed by atoms with van der Waals surface area (Å²) in [6, 6.07) is -0.00325. The SMILES string of the molecule is CC(C)[C@@H](C)[C@@]1(C)CC[C@]2(C)[C@H]3CC[C@@H]4[C@@]5(COC[C@]4(C)[C@@H](OC[C@@H](N)C(C)(C)C)[C@H](C)C5)C3=CC[C@@]2(C)[C@@H]1C(=O)O. The lowest BCUT2D eigenvalue weighted by atomic mass is 9.34. The third-order valence-electron chi connectivity index (χ3n) is 14.9. The molecule has 2 bridgehead atoms. The zero-order valence-electron chi connectivity index (χ0n) is 28.8. The van der Waals surface area contributed by atoms with Gasteiger partial charge in [-0.25, -0.2) is 0 Å². The molecule has 5 rings (SSSR count). The number of hydrogen-bond donors (Lipinski definition) is 2. The largest absolute Gasteiger partial charge is 0.481 e. The van der Waals surface area contributed by atoms with Crippen LogP contribution in [0.3, 0.4) is 0 Å². The number of carboxylic acids is 1. The van der Waals surface area contributed by atoms with Crippen molar-refractivity contribution in [2.24, 2.45) is 73.7 Å². The number of carbonyl (C=O) groups is 1. The Kier molecular flexibility index (Phi) is 7.97. The van der Waals surface area contributed by atoms with Gasteiger partial charge in [0.2, 0.25) is 0 Å². The van der Waals surface area contributed by atoms with Gasteiger partial charge in [-0.15, -0.1) is 0 Å². The van der Waals surface area contributed by atoms with Crippen LogP contribution in [0.1, 0.15) is 115 Å². The van der Waals surface area contributed by atoms with Gasteiger partial charge in [0.15, 0.2) is 0 Å². The summed E-state index contributed by atoms with van der Waals surface area (Å²) in [5.41, 5.74) is 7.64. The van der Waals surface area contributed by atoms with E-state index in [0.29, 0.717) is 36.2 Å². The highest BCUT2D eigenvalue weighted by Gasteiger charge is 2.71. The Labute approximate surface area is 257 Å². The first kappa shape index (κ1) is 32.5. The number of aliphatic carboxylic acids is 1. The molecule has 4 fully saturated rings. The van der Waals surface area contributed by atoms with Crippen molar-refractivity contribution in [2.75, 3.05) is 19.8 Å². The second-order valence-corrected chi connectivity index (χ2v) is 18.3. The van der Waals surface area contributed by atoms with Crippen LogP contribution in [0.25, 0.3) is 0 Å². The molecule has 5 aliphatic rings. The number of fused-ring (bicyclic) bond motifs is 3. The molecule has 1 saturated heterocycles. The van der Waals surface area contributed by atoms with Crippen LogP contribution in [-0.2, 0) is 14.3 Å². The lowest BCUT2D eigenvalue weighted by Gasteiger charge is -2.71. The van der Waals surface area contributed by atoms with Crippen LogP contribution >= 0.6 is 0 Å². The minimum atomic E-state index is -0.588. The van der Waals surface area contributed by atoms with Crippen LogP contribution < -0.4 is 5.73 Å². The molecule has 0 amide bonds. The molecule has 1 aliphatic heterocycles. The van der Waals surface area contributed by atoms with Gasteiger partial charge in [0, 0.05) is 16.9 Å². The van der Waals surface area contributed by atoms with Crippen molar-refractivity contribution >= 4 is 5.97 Å². The Morgan fingerprint density at radius 2 is 1.76 bits per heavy atom. The second-order valence-electron chi connectivity index (χ2n) is 18.3. The highest BCUT2D eigenvalue weighted by atomic mass is 16.5. The van der Waals surface area contributed by atoms with Gasteiger partial charge in [-0.05, 0) is 89.8 Å². The number of hydrogen-bond acceptors (Lipinski definition) is 4. The number of rotatable bonds is 6. The van der Waals surface area contributed by atoms with Gasteiger partial charge in [-0.1, -0.05) is 87.8 Å². The highest BCUT2D eigenvalue weighted by molar-refractivity contribution is 5.73. The summed E-state index contributed by atoms with van der Waals surface area (Å²) in [5, 5.41) is 10.9. The molecule has 1 heterocycles. The van der Waals surface area contributed by atoms with Gasteiger partial charge in [0.05, 0.1) is 31.8 Å². The smallest absolute Gasteiger partial charge is 0.307 e. The van der Waals surface area contributed by atoms with Crippen molar-refractivity contribution in [2.45, 2.75) is 127 Å². The fourth-order valence-electron chi connectivity index (χ4n) is 11.8. The Balaban J connectivity index is 1.52. The standard InChI is InChI=1S/C37H63NO4/c1-22(2)24(4)33(8)16-17-35(10)25-12-13-27-34(9)20-41-21-37(27,26(25)14-15-36(35,11)29(33)31(39)40)18-23(3)30(34)42-19-28(38)32(5,6)7/h14,22-25,27-30H,12-13,15-21,38H2,1-11H3,(H,39,40)/t23-,24-,25+,27+,28-,29-,30+,33-,34+,35-,36+,37+/m1/s1. The van der Waals surface area contributed by atoms with Crippen LogP contribution in [0.5, 0.6) is 0 Å². The zero-order valence-corrected chi connectivity index (χ0v) is 28.8. The third-order valence-corrected chi connectivity index (χ3v) is 14.9. The molecular formula is C37H63NO4. The molecule has 5 heteroatoms. The first-order chi connectivity index (χ1) is 19.3. The van der Waals surface area contributed by atoms with Crippen LogP contribution in [0.4, 0.5) is 0 Å². The summed E-state index contributed by atoms with van der Waals surface area (Å²) in [6.45, 7) is 27.5. The van der Waals surface area contributed by atoms with Crippen molar-refractivity contribution in [3.05, 3.63) is 11.6 Å². The van der Waals surface area contributed by atoms with Gasteiger partial charge < -0.3 is 20.3 Å². The molecule has 3 saturated carbocycles. The van der Waals surface area contributed by atoms with Crippen LogP contribution in [0, 0.1) is 68.0 Å². The minimum Gasteiger partial charge on any atom is -0.481 e. The zero-order chi connectivity index (χ0) is 31.3. The summed E-state index contributed by atoms with van der Waals surface area (Å²) < 4.78 is 13.4. The molecule has 12 atom stereocenters. The van der Waals surface area contributed by atoms with Gasteiger partial charge in [-0.3, -0.25) is 4.79 Å². The summed E-state index contributed by atoms with van der Waals surface area (Å²) >= 11 is 0. The van der Waals surface area contributed by atoms with E-state index in [1.165, 1.54) is 6.42 Å². The number of nitrogens with two attached hydrogens (primary N) is 1. The molecule has 42 heavy (non-hydrogen) atoms. The molecule has 0 aromatic rings. The minimum absolute atomic E-state index is 0.00325. The summed E-state index contributed by atoms with van der Waals surface area (Å²) in [4.78, 5) is 13.3. The predicted octanol–water partition coefficient (Wildman–Crippen LogP) is 7.97. The van der Waals surface area contributed by atoms with E-state index in [1.807, 2.05) is 0 Å². The third kappa shape index (κ3) is 4.36. The molecular weight excluding hydrogens is 522 g/mol. The van der Waals surface area contributed by atoms with E-state index in [2.05, 4.69) is 82.2 Å². The van der Waals surface area contributed by atoms with Crippen molar-refractivity contribution in [1.82, 2.24) is 0 Å². The quantitative estimate of drug-likeness (QED) is 0.309. The molecule has 0 radical (unpaired) electrons. The van der Waals surface area contributed by atoms with Gasteiger partial charge in [0.25, 0.3) is 0 Å². The monoisotopic (exact) mass is 585 g/mol. The molecule has 5 nitrogen and oxygen atoms in total. The van der Waals surface area contributed by atoms with E-state index < -0.39 is 5.97 Å².